The van der Waals surface area contributed by atoms with Crippen molar-refractivity contribution in [1.82, 2.24) is 24.6 Å². The van der Waals surface area contributed by atoms with Crippen molar-refractivity contribution in [2.45, 2.75) is 46.1 Å². The number of likely N-dealkylation sites (tertiary alicyclic amines) is 1. The van der Waals surface area contributed by atoms with Gasteiger partial charge in [-0.2, -0.15) is 5.10 Å². The Hall–Kier alpha value is -2.44. The molecule has 140 valence electrons. The van der Waals surface area contributed by atoms with Crippen LogP contribution in [0.5, 0.6) is 0 Å². The van der Waals surface area contributed by atoms with E-state index in [4.69, 9.17) is 0 Å². The highest BCUT2D eigenvalue weighted by Gasteiger charge is 2.32. The second kappa shape index (κ2) is 7.05. The Morgan fingerprint density at radius 1 is 1.27 bits per heavy atom. The molecule has 0 spiro atoms. The Balaban J connectivity index is 1.85. The SMILES string of the molecule is Cc1nc(C2CCCN2C(=O)Cc2c(C)nn(C)c2C)cc(N(C)C)n1. The van der Waals surface area contributed by atoms with Gasteiger partial charge in [-0.25, -0.2) is 9.97 Å². The molecule has 1 amide bonds. The Morgan fingerprint density at radius 2 is 2.00 bits per heavy atom. The molecule has 26 heavy (non-hydrogen) atoms. The highest BCUT2D eigenvalue weighted by Crippen LogP contribution is 2.33. The largest absolute Gasteiger partial charge is 0.363 e. The minimum Gasteiger partial charge on any atom is -0.363 e. The zero-order valence-electron chi connectivity index (χ0n) is 16.6. The summed E-state index contributed by atoms with van der Waals surface area (Å²) in [6, 6.07) is 2.03. The van der Waals surface area contributed by atoms with Crippen molar-refractivity contribution in [2.24, 2.45) is 7.05 Å². The summed E-state index contributed by atoms with van der Waals surface area (Å²) in [7, 11) is 5.86. The van der Waals surface area contributed by atoms with E-state index in [1.165, 1.54) is 0 Å². The molecule has 0 radical (unpaired) electrons. The summed E-state index contributed by atoms with van der Waals surface area (Å²) in [5, 5.41) is 4.43. The molecule has 0 aliphatic carbocycles. The van der Waals surface area contributed by atoms with Crippen LogP contribution in [0.2, 0.25) is 0 Å². The van der Waals surface area contributed by atoms with Crippen LogP contribution in [0.15, 0.2) is 6.07 Å². The fourth-order valence-electron chi connectivity index (χ4n) is 3.67. The van der Waals surface area contributed by atoms with Crippen LogP contribution in [-0.4, -0.2) is 51.2 Å². The normalized spacial score (nSPS) is 17.0. The van der Waals surface area contributed by atoms with Crippen LogP contribution in [0.25, 0.3) is 0 Å². The molecule has 0 bridgehead atoms. The molecule has 2 aromatic heterocycles. The predicted octanol–water partition coefficient (Wildman–Crippen LogP) is 2.11. The summed E-state index contributed by atoms with van der Waals surface area (Å²) in [4.78, 5) is 26.1. The molecule has 1 saturated heterocycles. The molecule has 0 N–H and O–H groups in total. The monoisotopic (exact) mass is 356 g/mol. The maximum Gasteiger partial charge on any atom is 0.227 e. The zero-order valence-corrected chi connectivity index (χ0v) is 16.6. The minimum atomic E-state index is 0.0279. The van der Waals surface area contributed by atoms with Gasteiger partial charge in [-0.05, 0) is 33.6 Å². The summed E-state index contributed by atoms with van der Waals surface area (Å²) in [5.74, 6) is 1.77. The van der Waals surface area contributed by atoms with E-state index in [-0.39, 0.29) is 11.9 Å². The first-order chi connectivity index (χ1) is 12.3. The molecular formula is C19H28N6O. The van der Waals surface area contributed by atoms with Gasteiger partial charge in [0.05, 0.1) is 23.9 Å². The van der Waals surface area contributed by atoms with Crippen molar-refractivity contribution in [3.63, 3.8) is 0 Å². The van der Waals surface area contributed by atoms with Crippen molar-refractivity contribution in [1.29, 1.82) is 0 Å². The Labute approximate surface area is 155 Å². The van der Waals surface area contributed by atoms with Crippen LogP contribution in [0.4, 0.5) is 5.82 Å². The fourth-order valence-corrected chi connectivity index (χ4v) is 3.67. The first-order valence-corrected chi connectivity index (χ1v) is 9.09. The summed E-state index contributed by atoms with van der Waals surface area (Å²) in [6.45, 7) is 6.66. The number of aryl methyl sites for hydroxylation is 3. The van der Waals surface area contributed by atoms with Crippen LogP contribution in [0.1, 0.15) is 47.4 Å². The first kappa shape index (κ1) is 18.4. The fraction of sp³-hybridized carbons (Fsp3) is 0.579. The molecule has 2 aromatic rings. The van der Waals surface area contributed by atoms with E-state index in [0.29, 0.717) is 6.42 Å². The lowest BCUT2D eigenvalue weighted by Gasteiger charge is -2.25. The number of rotatable bonds is 4. The molecule has 1 unspecified atom stereocenters. The van der Waals surface area contributed by atoms with Gasteiger partial charge in [-0.1, -0.05) is 0 Å². The molecule has 1 atom stereocenters. The van der Waals surface area contributed by atoms with Gasteiger partial charge in [0.2, 0.25) is 5.91 Å². The number of carbonyl (C=O) groups excluding carboxylic acids is 1. The topological polar surface area (TPSA) is 67.2 Å². The molecule has 0 saturated carbocycles. The van der Waals surface area contributed by atoms with E-state index >= 15 is 0 Å². The molecule has 3 heterocycles. The van der Waals surface area contributed by atoms with Gasteiger partial charge in [0.25, 0.3) is 0 Å². The van der Waals surface area contributed by atoms with Crippen molar-refractivity contribution >= 4 is 11.7 Å². The van der Waals surface area contributed by atoms with Gasteiger partial charge in [0, 0.05) is 45.0 Å². The molecule has 0 aromatic carbocycles. The van der Waals surface area contributed by atoms with Crippen LogP contribution >= 0.6 is 0 Å². The van der Waals surface area contributed by atoms with Gasteiger partial charge in [-0.3, -0.25) is 9.48 Å². The van der Waals surface area contributed by atoms with Crippen molar-refractivity contribution in [3.8, 4) is 0 Å². The van der Waals surface area contributed by atoms with Gasteiger partial charge in [0.1, 0.15) is 11.6 Å². The number of hydrogen-bond donors (Lipinski definition) is 0. The molecule has 1 aliphatic heterocycles. The number of aromatic nitrogens is 4. The molecule has 7 nitrogen and oxygen atoms in total. The smallest absolute Gasteiger partial charge is 0.227 e. The molecule has 3 rings (SSSR count). The Bertz CT molecular complexity index is 826. The third-order valence-corrected chi connectivity index (χ3v) is 5.20. The van der Waals surface area contributed by atoms with Crippen molar-refractivity contribution in [2.75, 3.05) is 25.5 Å². The van der Waals surface area contributed by atoms with Crippen molar-refractivity contribution < 1.29 is 4.79 Å². The van der Waals surface area contributed by atoms with E-state index in [0.717, 1.165) is 53.7 Å². The number of nitrogens with zero attached hydrogens (tertiary/aromatic N) is 6. The molecular weight excluding hydrogens is 328 g/mol. The van der Waals surface area contributed by atoms with E-state index in [2.05, 4.69) is 15.1 Å². The zero-order chi connectivity index (χ0) is 19.0. The lowest BCUT2D eigenvalue weighted by atomic mass is 10.1. The number of hydrogen-bond acceptors (Lipinski definition) is 5. The maximum atomic E-state index is 13.1. The molecule has 1 fully saturated rings. The summed E-state index contributed by atoms with van der Waals surface area (Å²) in [5.41, 5.74) is 3.96. The quantitative estimate of drug-likeness (QED) is 0.839. The molecule has 7 heteroatoms. The summed E-state index contributed by atoms with van der Waals surface area (Å²) >= 11 is 0. The standard InChI is InChI=1S/C19H28N6O/c1-12-15(13(2)24(6)22-12)10-19(26)25-9-7-8-17(25)16-11-18(23(4)5)21-14(3)20-16/h11,17H,7-10H2,1-6H3. The summed E-state index contributed by atoms with van der Waals surface area (Å²) in [6.07, 6.45) is 2.34. The second-order valence-corrected chi connectivity index (χ2v) is 7.29. The van der Waals surface area contributed by atoms with Gasteiger partial charge >= 0.3 is 0 Å². The average molecular weight is 356 g/mol. The van der Waals surface area contributed by atoms with E-state index < -0.39 is 0 Å². The number of anilines is 1. The van der Waals surface area contributed by atoms with Gasteiger partial charge < -0.3 is 9.80 Å². The van der Waals surface area contributed by atoms with Crippen LogP contribution in [0.3, 0.4) is 0 Å². The maximum absolute atomic E-state index is 13.1. The van der Waals surface area contributed by atoms with Crippen LogP contribution in [-0.2, 0) is 18.3 Å². The molecule has 1 aliphatic rings. The van der Waals surface area contributed by atoms with Gasteiger partial charge in [-0.15, -0.1) is 0 Å². The van der Waals surface area contributed by atoms with Crippen molar-refractivity contribution in [3.05, 3.63) is 34.5 Å². The lowest BCUT2D eigenvalue weighted by molar-refractivity contribution is -0.131. The predicted molar refractivity (Wildman–Crippen MR) is 101 cm³/mol. The Kier molecular flexibility index (Phi) is 4.98. The van der Waals surface area contributed by atoms with E-state index in [1.807, 2.05) is 62.5 Å². The third kappa shape index (κ3) is 3.43. The summed E-state index contributed by atoms with van der Waals surface area (Å²) < 4.78 is 1.84. The number of carbonyl (C=O) groups is 1. The Morgan fingerprint density at radius 3 is 2.62 bits per heavy atom. The third-order valence-electron chi connectivity index (χ3n) is 5.20. The lowest BCUT2D eigenvalue weighted by Crippen LogP contribution is -2.32. The minimum absolute atomic E-state index is 0.0279. The number of amides is 1. The highest BCUT2D eigenvalue weighted by molar-refractivity contribution is 5.80. The van der Waals surface area contributed by atoms with Crippen LogP contribution in [0, 0.1) is 20.8 Å². The van der Waals surface area contributed by atoms with E-state index in [9.17, 15) is 4.79 Å². The highest BCUT2D eigenvalue weighted by atomic mass is 16.2. The van der Waals surface area contributed by atoms with Crippen LogP contribution < -0.4 is 4.90 Å². The second-order valence-electron chi connectivity index (χ2n) is 7.29. The van der Waals surface area contributed by atoms with E-state index in [1.54, 1.807) is 0 Å². The van der Waals surface area contributed by atoms with Gasteiger partial charge in [0.15, 0.2) is 0 Å². The first-order valence-electron chi connectivity index (χ1n) is 9.09. The average Bonchev–Trinajstić information content (AvgIpc) is 3.15.